The van der Waals surface area contributed by atoms with Gasteiger partial charge in [0, 0.05) is 28.7 Å². The van der Waals surface area contributed by atoms with Crippen molar-refractivity contribution in [3.05, 3.63) is 95.6 Å². The monoisotopic (exact) mass is 729 g/mol. The molecular formula is C38H34F3N5O7. The van der Waals surface area contributed by atoms with Crippen LogP contribution in [0.4, 0.5) is 18.0 Å². The summed E-state index contributed by atoms with van der Waals surface area (Å²) in [6, 6.07) is 21.0. The highest BCUT2D eigenvalue weighted by atomic mass is 19.4. The van der Waals surface area contributed by atoms with E-state index < -0.39 is 65.4 Å². The van der Waals surface area contributed by atoms with E-state index in [0.29, 0.717) is 29.7 Å². The Kier molecular flexibility index (Phi) is 8.98. The summed E-state index contributed by atoms with van der Waals surface area (Å²) in [7, 11) is 0. The Morgan fingerprint density at radius 2 is 1.72 bits per heavy atom. The first-order chi connectivity index (χ1) is 25.6. The number of carbonyl (C=O) groups is 2. The zero-order chi connectivity index (χ0) is 36.9. The number of fused-ring (bicyclic) bond motifs is 1. The third kappa shape index (κ3) is 6.54. The maximum absolute atomic E-state index is 14.2. The number of nitrogens with zero attached hydrogens (tertiary/aromatic N) is 4. The molecular weight excluding hydrogens is 695 g/mol. The van der Waals surface area contributed by atoms with Crippen molar-refractivity contribution >= 4 is 12.0 Å². The molecule has 53 heavy (non-hydrogen) atoms. The molecule has 3 aromatic carbocycles. The fourth-order valence-corrected chi connectivity index (χ4v) is 7.50. The van der Waals surface area contributed by atoms with Gasteiger partial charge in [-0.25, -0.2) is 9.69 Å². The van der Waals surface area contributed by atoms with Crippen LogP contribution >= 0.6 is 0 Å². The highest BCUT2D eigenvalue weighted by Gasteiger charge is 2.46. The van der Waals surface area contributed by atoms with Crippen LogP contribution in [0.25, 0.3) is 34.3 Å². The molecule has 5 aromatic rings. The number of hydrogen-bond acceptors (Lipinski definition) is 11. The van der Waals surface area contributed by atoms with E-state index in [0.717, 1.165) is 18.4 Å². The molecule has 274 valence electrons. The minimum atomic E-state index is -4.82. The van der Waals surface area contributed by atoms with Gasteiger partial charge in [0.15, 0.2) is 0 Å². The Labute approximate surface area is 300 Å². The largest absolute Gasteiger partial charge is 0.491 e. The average molecular weight is 730 g/mol. The molecule has 2 N–H and O–H groups in total. The molecule has 0 spiro atoms. The Balaban J connectivity index is 0.937. The highest BCUT2D eigenvalue weighted by Crippen LogP contribution is 2.44. The van der Waals surface area contributed by atoms with Gasteiger partial charge in [-0.15, -0.1) is 0 Å². The van der Waals surface area contributed by atoms with Gasteiger partial charge in [-0.05, 0) is 37.8 Å². The summed E-state index contributed by atoms with van der Waals surface area (Å²) in [5.41, 5.74) is 0.387. The van der Waals surface area contributed by atoms with Crippen LogP contribution < -0.4 is 10.1 Å². The molecule has 1 saturated carbocycles. The fraction of sp³-hybridized carbons (Fsp3) is 0.342. The van der Waals surface area contributed by atoms with E-state index in [1.165, 1.54) is 17.0 Å². The number of aliphatic hydroxyl groups is 1. The normalized spacial score (nSPS) is 24.4. The molecule has 0 unspecified atom stereocenters. The zero-order valence-electron chi connectivity index (χ0n) is 28.3. The number of aliphatic hydroxyl groups excluding tert-OH is 1. The number of nitrogens with one attached hydrogen (secondary N) is 1. The number of aromatic nitrogens is 3. The number of rotatable bonds is 7. The lowest BCUT2D eigenvalue weighted by Crippen LogP contribution is -2.50. The Bertz CT molecular complexity index is 2120. The lowest BCUT2D eigenvalue weighted by molar-refractivity contribution is -0.137. The number of halogens is 3. The van der Waals surface area contributed by atoms with Crippen molar-refractivity contribution in [2.45, 2.75) is 69.1 Å². The quantitative estimate of drug-likeness (QED) is 0.176. The minimum absolute atomic E-state index is 0.0175. The molecule has 2 amide bonds. The van der Waals surface area contributed by atoms with Crippen molar-refractivity contribution in [1.82, 2.24) is 25.5 Å². The van der Waals surface area contributed by atoms with Crippen LogP contribution in [-0.4, -0.2) is 62.0 Å². The lowest BCUT2D eigenvalue weighted by atomic mass is 9.83. The summed E-state index contributed by atoms with van der Waals surface area (Å²) >= 11 is 0. The highest BCUT2D eigenvalue weighted by molar-refractivity contribution is 5.95. The molecule has 4 heterocycles. The van der Waals surface area contributed by atoms with E-state index in [1.54, 1.807) is 36.4 Å². The van der Waals surface area contributed by atoms with Gasteiger partial charge in [0.05, 0.1) is 12.1 Å². The average Bonchev–Trinajstić information content (AvgIpc) is 3.91. The standard InChI is InChI=1S/C38H34F3N5O7/c1-20-32(22-11-6-3-7-12-22)51-37(49)46(20)36(48)24-13-8-14-25(17-24)42-27-19-50-28-18-23(15-16-26(28)31(27)47)34-43-35(53-45-34)33-29(38(39,40)41)30(44-52-33)21-9-4-2-5-10-21/h2-7,9-12,15-16,18,20,24-25,27,31-32,42,47H,8,13-14,17,19H2,1H3/t20-,24+,25-,27-,31-,32-/m1/s1. The number of carbonyl (C=O) groups excluding carboxylic acids is 2. The van der Waals surface area contributed by atoms with Crippen LogP contribution in [0.3, 0.4) is 0 Å². The molecule has 3 aliphatic rings. The smallest absolute Gasteiger partial charge is 0.422 e. The molecule has 2 aliphatic heterocycles. The van der Waals surface area contributed by atoms with Crippen molar-refractivity contribution in [2.24, 2.45) is 5.92 Å². The number of imide groups is 1. The van der Waals surface area contributed by atoms with Gasteiger partial charge in [-0.1, -0.05) is 89.5 Å². The van der Waals surface area contributed by atoms with Crippen LogP contribution in [0.5, 0.6) is 5.75 Å². The van der Waals surface area contributed by atoms with E-state index in [4.69, 9.17) is 18.5 Å². The van der Waals surface area contributed by atoms with Gasteiger partial charge < -0.3 is 28.9 Å². The van der Waals surface area contributed by atoms with Crippen molar-refractivity contribution in [2.75, 3.05) is 6.61 Å². The molecule has 8 rings (SSSR count). The maximum Gasteiger partial charge on any atom is 0.422 e. The van der Waals surface area contributed by atoms with Gasteiger partial charge in [0.1, 0.15) is 35.8 Å². The minimum Gasteiger partial charge on any atom is -0.491 e. The predicted molar refractivity (Wildman–Crippen MR) is 181 cm³/mol. The molecule has 12 nitrogen and oxygen atoms in total. The molecule has 0 bridgehead atoms. The Morgan fingerprint density at radius 3 is 2.47 bits per heavy atom. The maximum atomic E-state index is 14.2. The SMILES string of the molecule is C[C@@H]1[C@H](c2ccccc2)OC(=O)N1C(=O)[C@H]1CCC[C@@H](N[C@@H]2COc3cc(-c4noc(-c5onc(-c6ccccc6)c5C(F)(F)F)n4)ccc3[C@H]2O)C1. The van der Waals surface area contributed by atoms with E-state index >= 15 is 0 Å². The molecule has 2 fully saturated rings. The predicted octanol–water partition coefficient (Wildman–Crippen LogP) is 7.13. The summed E-state index contributed by atoms with van der Waals surface area (Å²) in [5, 5.41) is 22.4. The number of amides is 2. The topological polar surface area (TPSA) is 153 Å². The van der Waals surface area contributed by atoms with Gasteiger partial charge in [-0.2, -0.15) is 18.2 Å². The van der Waals surface area contributed by atoms with Crippen LogP contribution in [0.2, 0.25) is 0 Å². The number of ether oxygens (including phenoxy) is 2. The second-order valence-corrected chi connectivity index (χ2v) is 13.5. The number of cyclic esters (lactones) is 1. The zero-order valence-corrected chi connectivity index (χ0v) is 28.3. The van der Waals surface area contributed by atoms with Gasteiger partial charge >= 0.3 is 12.3 Å². The third-order valence-electron chi connectivity index (χ3n) is 10.1. The molecule has 15 heteroatoms. The molecule has 2 aromatic heterocycles. The first-order valence-electron chi connectivity index (χ1n) is 17.3. The first-order valence-corrected chi connectivity index (χ1v) is 17.3. The van der Waals surface area contributed by atoms with Crippen LogP contribution in [-0.2, 0) is 15.7 Å². The van der Waals surface area contributed by atoms with E-state index in [1.807, 2.05) is 37.3 Å². The van der Waals surface area contributed by atoms with Crippen LogP contribution in [0.15, 0.2) is 87.9 Å². The van der Waals surface area contributed by atoms with E-state index in [2.05, 4.69) is 20.6 Å². The van der Waals surface area contributed by atoms with Gasteiger partial charge in [0.2, 0.25) is 17.5 Å². The molecule has 6 atom stereocenters. The number of benzene rings is 3. The van der Waals surface area contributed by atoms with Crippen molar-refractivity contribution in [3.8, 4) is 40.0 Å². The summed E-state index contributed by atoms with van der Waals surface area (Å²) in [4.78, 5) is 31.9. The Hall–Kier alpha value is -5.54. The van der Waals surface area contributed by atoms with Crippen LogP contribution in [0.1, 0.15) is 61.5 Å². The molecule has 0 radical (unpaired) electrons. The molecule has 1 saturated heterocycles. The second kappa shape index (κ2) is 13.8. The third-order valence-corrected chi connectivity index (χ3v) is 10.1. The van der Waals surface area contributed by atoms with Gasteiger partial charge in [-0.3, -0.25) is 4.79 Å². The first kappa shape index (κ1) is 34.5. The van der Waals surface area contributed by atoms with Gasteiger partial charge in [0.25, 0.3) is 5.89 Å². The van der Waals surface area contributed by atoms with Crippen molar-refractivity contribution in [1.29, 1.82) is 0 Å². The molecule has 1 aliphatic carbocycles. The van der Waals surface area contributed by atoms with Crippen LogP contribution in [0, 0.1) is 5.92 Å². The second-order valence-electron chi connectivity index (χ2n) is 13.5. The van der Waals surface area contributed by atoms with E-state index in [-0.39, 0.29) is 29.9 Å². The number of alkyl halides is 3. The fourth-order valence-electron chi connectivity index (χ4n) is 7.50. The van der Waals surface area contributed by atoms with E-state index in [9.17, 15) is 27.9 Å². The van der Waals surface area contributed by atoms with Crippen molar-refractivity contribution in [3.63, 3.8) is 0 Å². The summed E-state index contributed by atoms with van der Waals surface area (Å²) in [6.07, 6.45) is -4.31. The number of hydrogen-bond donors (Lipinski definition) is 2. The summed E-state index contributed by atoms with van der Waals surface area (Å²) in [6.45, 7) is 1.92. The lowest BCUT2D eigenvalue weighted by Gasteiger charge is -2.37. The summed E-state index contributed by atoms with van der Waals surface area (Å²) < 4.78 is 64.5. The summed E-state index contributed by atoms with van der Waals surface area (Å²) in [5.74, 6) is -1.52. The van der Waals surface area contributed by atoms with Crippen molar-refractivity contribution < 1.29 is 46.4 Å². The Morgan fingerprint density at radius 1 is 0.962 bits per heavy atom.